The first-order chi connectivity index (χ1) is 10.7. The molecular weight excluding hydrogens is 351 g/mol. The lowest BCUT2D eigenvalue weighted by molar-refractivity contribution is -0.137. The van der Waals surface area contributed by atoms with Gasteiger partial charge in [-0.3, -0.25) is 15.6 Å². The zero-order chi connectivity index (χ0) is 17.2. The van der Waals surface area contributed by atoms with Gasteiger partial charge < -0.3 is 5.32 Å². The van der Waals surface area contributed by atoms with Gasteiger partial charge in [-0.2, -0.15) is 13.2 Å². The third-order valence-corrected chi connectivity index (χ3v) is 4.88. The van der Waals surface area contributed by atoms with E-state index in [1.165, 1.54) is 12.1 Å². The number of halogens is 4. The van der Waals surface area contributed by atoms with Gasteiger partial charge in [0.05, 0.1) is 22.4 Å². The second-order valence-corrected chi connectivity index (χ2v) is 6.84. The Labute approximate surface area is 141 Å². The van der Waals surface area contributed by atoms with Crippen LogP contribution in [0.25, 0.3) is 0 Å². The van der Waals surface area contributed by atoms with Crippen LogP contribution in [0, 0.1) is 0 Å². The fourth-order valence-corrected chi connectivity index (χ4v) is 3.28. The molecule has 2 rings (SSSR count). The number of hydrazine groups is 1. The Balaban J connectivity index is 1.94. The predicted molar refractivity (Wildman–Crippen MR) is 84.3 cm³/mol. The van der Waals surface area contributed by atoms with Crippen LogP contribution in [0.5, 0.6) is 0 Å². The molecule has 1 aliphatic heterocycles. The lowest BCUT2D eigenvalue weighted by Crippen LogP contribution is -2.47. The maximum atomic E-state index is 12.8. The van der Waals surface area contributed by atoms with E-state index in [0.717, 1.165) is 17.8 Å². The number of amides is 1. The van der Waals surface area contributed by atoms with Gasteiger partial charge in [-0.1, -0.05) is 11.6 Å². The van der Waals surface area contributed by atoms with Crippen molar-refractivity contribution in [2.75, 3.05) is 5.75 Å². The number of thioether (sulfide) groups is 1. The van der Waals surface area contributed by atoms with Crippen LogP contribution in [-0.4, -0.2) is 29.8 Å². The first-order valence-electron chi connectivity index (χ1n) is 6.98. The largest absolute Gasteiger partial charge is 0.417 e. The Kier molecular flexibility index (Phi) is 5.83. The maximum absolute atomic E-state index is 12.8. The summed E-state index contributed by atoms with van der Waals surface area (Å²) in [6, 6.07) is 3.71. The van der Waals surface area contributed by atoms with Crippen LogP contribution in [0.15, 0.2) is 23.1 Å². The second-order valence-electron chi connectivity index (χ2n) is 5.39. The molecule has 2 unspecified atom stereocenters. The highest BCUT2D eigenvalue weighted by molar-refractivity contribution is 8.00. The molecule has 1 heterocycles. The Morgan fingerprint density at radius 2 is 1.91 bits per heavy atom. The summed E-state index contributed by atoms with van der Waals surface area (Å²) in [6.45, 7) is 3.87. The average Bonchev–Trinajstić information content (AvgIpc) is 2.77. The minimum absolute atomic E-state index is 0.0366. The van der Waals surface area contributed by atoms with E-state index >= 15 is 0 Å². The van der Waals surface area contributed by atoms with Gasteiger partial charge in [0.1, 0.15) is 0 Å². The van der Waals surface area contributed by atoms with Crippen LogP contribution in [0.1, 0.15) is 19.4 Å². The van der Waals surface area contributed by atoms with Gasteiger partial charge in [0.15, 0.2) is 0 Å². The highest BCUT2D eigenvalue weighted by Gasteiger charge is 2.33. The summed E-state index contributed by atoms with van der Waals surface area (Å²) < 4.78 is 38.4. The first-order valence-corrected chi connectivity index (χ1v) is 8.35. The SMILES string of the molecule is CC1NNC(C)C1NC(=O)CSc1ccc(Cl)c(C(F)(F)F)c1. The molecule has 0 bridgehead atoms. The van der Waals surface area contributed by atoms with Crippen molar-refractivity contribution < 1.29 is 18.0 Å². The quantitative estimate of drug-likeness (QED) is 0.716. The molecule has 1 aromatic rings. The molecule has 23 heavy (non-hydrogen) atoms. The molecule has 3 N–H and O–H groups in total. The van der Waals surface area contributed by atoms with Crippen molar-refractivity contribution in [3.8, 4) is 0 Å². The smallest absolute Gasteiger partial charge is 0.349 e. The zero-order valence-corrected chi connectivity index (χ0v) is 14.1. The van der Waals surface area contributed by atoms with E-state index in [-0.39, 0.29) is 34.8 Å². The van der Waals surface area contributed by atoms with E-state index in [1.54, 1.807) is 0 Å². The molecule has 0 aliphatic carbocycles. The zero-order valence-electron chi connectivity index (χ0n) is 12.5. The fraction of sp³-hybridized carbons (Fsp3) is 0.500. The summed E-state index contributed by atoms with van der Waals surface area (Å²) in [5, 5.41) is 2.52. The van der Waals surface area contributed by atoms with Crippen molar-refractivity contribution in [3.05, 3.63) is 28.8 Å². The normalized spacial score (nSPS) is 24.7. The number of rotatable bonds is 4. The highest BCUT2D eigenvalue weighted by Crippen LogP contribution is 2.36. The van der Waals surface area contributed by atoms with E-state index in [4.69, 9.17) is 11.6 Å². The molecule has 0 saturated carbocycles. The summed E-state index contributed by atoms with van der Waals surface area (Å²) in [5.41, 5.74) is 5.14. The third kappa shape index (κ3) is 4.76. The van der Waals surface area contributed by atoms with Crippen molar-refractivity contribution >= 4 is 29.3 Å². The van der Waals surface area contributed by atoms with Gasteiger partial charge in [0, 0.05) is 17.0 Å². The average molecular weight is 368 g/mol. The molecule has 4 nitrogen and oxygen atoms in total. The molecule has 1 saturated heterocycles. The maximum Gasteiger partial charge on any atom is 0.417 e. The van der Waals surface area contributed by atoms with Crippen LogP contribution in [0.4, 0.5) is 13.2 Å². The number of carbonyl (C=O) groups is 1. The fourth-order valence-electron chi connectivity index (χ4n) is 2.31. The molecule has 0 spiro atoms. The van der Waals surface area contributed by atoms with Gasteiger partial charge in [0.25, 0.3) is 0 Å². The van der Waals surface area contributed by atoms with Crippen molar-refractivity contribution in [2.45, 2.75) is 43.0 Å². The molecular formula is C14H17ClF3N3OS. The number of alkyl halides is 3. The second kappa shape index (κ2) is 7.29. The number of benzene rings is 1. The van der Waals surface area contributed by atoms with Crippen LogP contribution in [0.3, 0.4) is 0 Å². The van der Waals surface area contributed by atoms with E-state index in [0.29, 0.717) is 4.90 Å². The summed E-state index contributed by atoms with van der Waals surface area (Å²) in [6.07, 6.45) is -4.51. The Morgan fingerprint density at radius 1 is 1.30 bits per heavy atom. The van der Waals surface area contributed by atoms with Crippen LogP contribution in [-0.2, 0) is 11.0 Å². The minimum Gasteiger partial charge on any atom is -0.349 e. The van der Waals surface area contributed by atoms with Gasteiger partial charge in [-0.15, -0.1) is 11.8 Å². The lowest BCUT2D eigenvalue weighted by atomic mass is 10.1. The van der Waals surface area contributed by atoms with E-state index in [9.17, 15) is 18.0 Å². The molecule has 0 aromatic heterocycles. The highest BCUT2D eigenvalue weighted by atomic mass is 35.5. The van der Waals surface area contributed by atoms with Gasteiger partial charge in [-0.05, 0) is 32.0 Å². The lowest BCUT2D eigenvalue weighted by Gasteiger charge is -2.19. The minimum atomic E-state index is -4.51. The van der Waals surface area contributed by atoms with E-state index in [2.05, 4.69) is 16.2 Å². The number of hydrogen-bond acceptors (Lipinski definition) is 4. The summed E-state index contributed by atoms with van der Waals surface area (Å²) in [5.74, 6) is -0.192. The predicted octanol–water partition coefficient (Wildman–Crippen LogP) is 2.82. The number of carbonyl (C=O) groups excluding carboxylic acids is 1. The third-order valence-electron chi connectivity index (χ3n) is 3.56. The topological polar surface area (TPSA) is 53.2 Å². The summed E-state index contributed by atoms with van der Waals surface area (Å²) in [4.78, 5) is 12.3. The Hall–Kier alpha value is -0.960. The van der Waals surface area contributed by atoms with E-state index < -0.39 is 11.7 Å². The molecule has 1 aliphatic rings. The Bertz CT molecular complexity index is 575. The van der Waals surface area contributed by atoms with Crippen LogP contribution < -0.4 is 16.2 Å². The van der Waals surface area contributed by atoms with Gasteiger partial charge in [0.2, 0.25) is 5.91 Å². The standard InChI is InChI=1S/C14H17ClF3N3OS/c1-7-13(8(2)21-20-7)19-12(22)6-23-9-3-4-11(15)10(5-9)14(16,17)18/h3-5,7-8,13,20-21H,6H2,1-2H3,(H,19,22). The van der Waals surface area contributed by atoms with Crippen LogP contribution in [0.2, 0.25) is 5.02 Å². The molecule has 0 radical (unpaired) electrons. The number of hydrogen-bond donors (Lipinski definition) is 3. The van der Waals surface area contributed by atoms with Gasteiger partial charge >= 0.3 is 6.18 Å². The van der Waals surface area contributed by atoms with Crippen molar-refractivity contribution in [3.63, 3.8) is 0 Å². The van der Waals surface area contributed by atoms with E-state index in [1.807, 2.05) is 13.8 Å². The molecule has 9 heteroatoms. The molecule has 1 fully saturated rings. The van der Waals surface area contributed by atoms with Crippen molar-refractivity contribution in [2.24, 2.45) is 0 Å². The molecule has 2 atom stereocenters. The monoisotopic (exact) mass is 367 g/mol. The summed E-state index contributed by atoms with van der Waals surface area (Å²) in [7, 11) is 0. The van der Waals surface area contributed by atoms with Crippen LogP contribution >= 0.6 is 23.4 Å². The van der Waals surface area contributed by atoms with Crippen molar-refractivity contribution in [1.82, 2.24) is 16.2 Å². The van der Waals surface area contributed by atoms with Gasteiger partial charge in [-0.25, -0.2) is 0 Å². The molecule has 1 aromatic carbocycles. The Morgan fingerprint density at radius 3 is 2.48 bits per heavy atom. The number of nitrogens with one attached hydrogen (secondary N) is 3. The van der Waals surface area contributed by atoms with Crippen molar-refractivity contribution in [1.29, 1.82) is 0 Å². The molecule has 128 valence electrons. The first kappa shape index (κ1) is 18.4. The molecule has 1 amide bonds. The summed E-state index contributed by atoms with van der Waals surface area (Å²) >= 11 is 6.61.